The molecule has 1 aliphatic rings. The highest BCUT2D eigenvalue weighted by Gasteiger charge is 2.36. The van der Waals surface area contributed by atoms with Crippen LogP contribution >= 0.6 is 11.3 Å². The molecular formula is C18H16N2O3S. The van der Waals surface area contributed by atoms with Crippen LogP contribution in [-0.2, 0) is 14.3 Å². The molecule has 0 spiro atoms. The summed E-state index contributed by atoms with van der Waals surface area (Å²) in [5.74, 6) is -0.929. The van der Waals surface area contributed by atoms with E-state index in [0.717, 1.165) is 10.4 Å². The number of carbonyl (C=O) groups excluding carboxylic acids is 2. The molecule has 2 aromatic rings. The monoisotopic (exact) mass is 340 g/mol. The van der Waals surface area contributed by atoms with E-state index < -0.39 is 5.97 Å². The van der Waals surface area contributed by atoms with Crippen LogP contribution in [0.1, 0.15) is 17.4 Å². The lowest BCUT2D eigenvalue weighted by atomic mass is 10.1. The fraction of sp³-hybridized carbons (Fsp3) is 0.167. The minimum atomic E-state index is -0.593. The van der Waals surface area contributed by atoms with Crippen molar-refractivity contribution in [3.8, 4) is 0 Å². The van der Waals surface area contributed by atoms with Gasteiger partial charge in [-0.2, -0.15) is 10.1 Å². The van der Waals surface area contributed by atoms with Crippen LogP contribution in [0.25, 0.3) is 6.08 Å². The zero-order valence-corrected chi connectivity index (χ0v) is 14.2. The number of para-hydroxylation sites is 1. The van der Waals surface area contributed by atoms with Crippen molar-refractivity contribution >= 4 is 40.7 Å². The van der Waals surface area contributed by atoms with Crippen LogP contribution in [0.4, 0.5) is 5.69 Å². The highest BCUT2D eigenvalue weighted by atomic mass is 32.1. The maximum atomic E-state index is 12.8. The van der Waals surface area contributed by atoms with Crippen molar-refractivity contribution in [1.82, 2.24) is 0 Å². The Labute approximate surface area is 143 Å². The van der Waals surface area contributed by atoms with Gasteiger partial charge in [-0.05, 0) is 49.1 Å². The van der Waals surface area contributed by atoms with Crippen LogP contribution in [-0.4, -0.2) is 24.2 Å². The van der Waals surface area contributed by atoms with Crippen molar-refractivity contribution in [3.63, 3.8) is 0 Å². The first-order valence-electron chi connectivity index (χ1n) is 7.53. The first-order chi connectivity index (χ1) is 11.6. The lowest BCUT2D eigenvalue weighted by Gasteiger charge is -2.10. The Balaban J connectivity index is 2.05. The van der Waals surface area contributed by atoms with Crippen molar-refractivity contribution < 1.29 is 14.3 Å². The van der Waals surface area contributed by atoms with E-state index in [2.05, 4.69) is 5.10 Å². The molecule has 1 aliphatic heterocycles. The molecule has 1 amide bonds. The third kappa shape index (κ3) is 3.00. The van der Waals surface area contributed by atoms with Gasteiger partial charge < -0.3 is 4.74 Å². The summed E-state index contributed by atoms with van der Waals surface area (Å²) < 4.78 is 5.05. The lowest BCUT2D eigenvalue weighted by molar-refractivity contribution is -0.135. The van der Waals surface area contributed by atoms with Crippen molar-refractivity contribution in [2.24, 2.45) is 5.10 Å². The number of aryl methyl sites for hydroxylation is 1. The summed E-state index contributed by atoms with van der Waals surface area (Å²) in [6.07, 6.45) is 1.71. The Hall–Kier alpha value is -2.73. The molecule has 3 rings (SSSR count). The minimum Gasteiger partial charge on any atom is -0.461 e. The summed E-state index contributed by atoms with van der Waals surface area (Å²) in [6, 6.07) is 11.0. The van der Waals surface area contributed by atoms with E-state index in [1.165, 1.54) is 16.3 Å². The van der Waals surface area contributed by atoms with Crippen LogP contribution in [0.3, 0.4) is 0 Å². The summed E-state index contributed by atoms with van der Waals surface area (Å²) in [4.78, 5) is 25.9. The number of esters is 1. The van der Waals surface area contributed by atoms with Crippen molar-refractivity contribution in [2.45, 2.75) is 13.8 Å². The minimum absolute atomic E-state index is 0.0403. The van der Waals surface area contributed by atoms with Gasteiger partial charge in [0.05, 0.1) is 17.9 Å². The third-order valence-electron chi connectivity index (χ3n) is 3.52. The van der Waals surface area contributed by atoms with Gasteiger partial charge in [-0.15, -0.1) is 11.3 Å². The average Bonchev–Trinajstić information content (AvgIpc) is 3.13. The van der Waals surface area contributed by atoms with Crippen molar-refractivity contribution in [2.75, 3.05) is 11.6 Å². The molecule has 1 aromatic carbocycles. The molecule has 0 N–H and O–H groups in total. The summed E-state index contributed by atoms with van der Waals surface area (Å²) in [5.41, 5.74) is 1.94. The number of hydrogen-bond donors (Lipinski definition) is 0. The molecule has 122 valence electrons. The summed E-state index contributed by atoms with van der Waals surface area (Å²) in [5, 5.41) is 7.39. The zero-order valence-electron chi connectivity index (χ0n) is 13.4. The standard InChI is InChI=1S/C18H16N2O3S/c1-3-23-18(22)16-14(11-15-12(2)9-10-24-15)17(21)20(19-16)13-7-5-4-6-8-13/h4-11H,3H2,1-2H3/b14-11+. The van der Waals surface area contributed by atoms with E-state index in [-0.39, 0.29) is 23.8 Å². The van der Waals surface area contributed by atoms with E-state index >= 15 is 0 Å². The number of anilines is 1. The molecular weight excluding hydrogens is 324 g/mol. The molecule has 0 radical (unpaired) electrons. The van der Waals surface area contributed by atoms with Crippen molar-refractivity contribution in [3.05, 3.63) is 57.8 Å². The van der Waals surface area contributed by atoms with E-state index in [1.807, 2.05) is 36.6 Å². The van der Waals surface area contributed by atoms with Gasteiger partial charge in [0.1, 0.15) is 0 Å². The maximum Gasteiger partial charge on any atom is 0.359 e. The van der Waals surface area contributed by atoms with Crippen LogP contribution in [0.5, 0.6) is 0 Å². The number of amides is 1. The molecule has 5 nitrogen and oxygen atoms in total. The molecule has 0 saturated carbocycles. The Bertz CT molecular complexity index is 837. The van der Waals surface area contributed by atoms with Crippen LogP contribution < -0.4 is 5.01 Å². The predicted molar refractivity (Wildman–Crippen MR) is 95.0 cm³/mol. The molecule has 0 saturated heterocycles. The van der Waals surface area contributed by atoms with Gasteiger partial charge in [-0.25, -0.2) is 4.79 Å². The Kier molecular flexibility index (Phi) is 4.57. The van der Waals surface area contributed by atoms with Gasteiger partial charge >= 0.3 is 5.97 Å². The summed E-state index contributed by atoms with van der Waals surface area (Å²) in [6.45, 7) is 3.90. The van der Waals surface area contributed by atoms with Gasteiger partial charge in [-0.3, -0.25) is 4.79 Å². The molecule has 0 unspecified atom stereocenters. The topological polar surface area (TPSA) is 59.0 Å². The number of ether oxygens (including phenoxy) is 1. The molecule has 0 atom stereocenters. The molecule has 0 fully saturated rings. The average molecular weight is 340 g/mol. The second-order valence-corrected chi connectivity index (χ2v) is 6.10. The zero-order chi connectivity index (χ0) is 17.1. The predicted octanol–water partition coefficient (Wildman–Crippen LogP) is 3.41. The highest BCUT2D eigenvalue weighted by molar-refractivity contribution is 7.11. The first-order valence-corrected chi connectivity index (χ1v) is 8.41. The maximum absolute atomic E-state index is 12.8. The molecule has 24 heavy (non-hydrogen) atoms. The van der Waals surface area contributed by atoms with Gasteiger partial charge in [0.15, 0.2) is 5.71 Å². The number of hydrazone groups is 1. The number of carbonyl (C=O) groups is 2. The first kappa shape index (κ1) is 16.1. The van der Waals surface area contributed by atoms with Gasteiger partial charge in [0, 0.05) is 4.88 Å². The summed E-state index contributed by atoms with van der Waals surface area (Å²) >= 11 is 1.51. The van der Waals surface area contributed by atoms with E-state index in [4.69, 9.17) is 4.74 Å². The quantitative estimate of drug-likeness (QED) is 0.633. The van der Waals surface area contributed by atoms with E-state index in [1.54, 1.807) is 25.1 Å². The van der Waals surface area contributed by atoms with E-state index in [0.29, 0.717) is 5.69 Å². The highest BCUT2D eigenvalue weighted by Crippen LogP contribution is 2.27. The number of thiophene rings is 1. The normalized spacial score (nSPS) is 15.8. The van der Waals surface area contributed by atoms with Gasteiger partial charge in [0.2, 0.25) is 0 Å². The number of hydrogen-bond acceptors (Lipinski definition) is 5. The number of rotatable bonds is 4. The van der Waals surface area contributed by atoms with E-state index in [9.17, 15) is 9.59 Å². The molecule has 1 aromatic heterocycles. The molecule has 6 heteroatoms. The van der Waals surface area contributed by atoms with Gasteiger partial charge in [0.25, 0.3) is 5.91 Å². The van der Waals surface area contributed by atoms with Crippen LogP contribution in [0.2, 0.25) is 0 Å². The van der Waals surface area contributed by atoms with Gasteiger partial charge in [-0.1, -0.05) is 18.2 Å². The summed E-state index contributed by atoms with van der Waals surface area (Å²) in [7, 11) is 0. The third-order valence-corrected chi connectivity index (χ3v) is 4.49. The van der Waals surface area contributed by atoms with Crippen LogP contribution in [0, 0.1) is 6.92 Å². The Morgan fingerprint density at radius 2 is 2.04 bits per heavy atom. The number of benzene rings is 1. The second kappa shape index (κ2) is 6.80. The lowest BCUT2D eigenvalue weighted by Crippen LogP contribution is -2.22. The largest absolute Gasteiger partial charge is 0.461 e. The fourth-order valence-corrected chi connectivity index (χ4v) is 3.16. The fourth-order valence-electron chi connectivity index (χ4n) is 2.30. The molecule has 0 bridgehead atoms. The van der Waals surface area contributed by atoms with Crippen LogP contribution in [0.15, 0.2) is 52.5 Å². The SMILES string of the molecule is CCOC(=O)C1=NN(c2ccccc2)C(=O)/C1=C/c1sccc1C. The Morgan fingerprint density at radius 3 is 2.67 bits per heavy atom. The molecule has 0 aliphatic carbocycles. The Morgan fingerprint density at radius 1 is 1.29 bits per heavy atom. The molecule has 2 heterocycles. The smallest absolute Gasteiger partial charge is 0.359 e. The van der Waals surface area contributed by atoms with Crippen molar-refractivity contribution in [1.29, 1.82) is 0 Å². The second-order valence-electron chi connectivity index (χ2n) is 5.15. The number of nitrogens with zero attached hydrogens (tertiary/aromatic N) is 2.